The maximum atomic E-state index is 13.6. The first-order valence-corrected chi connectivity index (χ1v) is 16.3. The summed E-state index contributed by atoms with van der Waals surface area (Å²) >= 11 is 6.18. The number of anilines is 1. The van der Waals surface area contributed by atoms with Crippen molar-refractivity contribution in [1.29, 1.82) is 0 Å². The van der Waals surface area contributed by atoms with Gasteiger partial charge in [-0.1, -0.05) is 11.6 Å². The normalized spacial score (nSPS) is 25.7. The molecule has 3 fully saturated rings. The first-order chi connectivity index (χ1) is 18.9. The standard InChI is InChI=1S/C25H28ClF3N2O8S2/c1-40(36,37)30-11-21(33)20(32)10-25(35)13-5-14(25)7-16(6-13)41(38,39)22-4-12(2-3-17(22)26)24(34)31-15-8-18(27)23(29)19(28)9-15/h2-4,8-9,13-14,16,20-21,30,32-33,35H,5-7,10-11H2,1H3,(H,31,34). The summed E-state index contributed by atoms with van der Waals surface area (Å²) in [6.45, 7) is -0.462. The zero-order valence-corrected chi connectivity index (χ0v) is 23.9. The van der Waals surface area contributed by atoms with Crippen molar-refractivity contribution in [2.75, 3.05) is 18.1 Å². The molecular formula is C25H28ClF3N2O8S2. The number of carbonyl (C=O) groups excluding carboxylic acids is 1. The van der Waals surface area contributed by atoms with Crippen LogP contribution in [0.4, 0.5) is 18.9 Å². The minimum Gasteiger partial charge on any atom is -0.390 e. The molecule has 0 spiro atoms. The van der Waals surface area contributed by atoms with E-state index in [0.717, 1.165) is 12.3 Å². The van der Waals surface area contributed by atoms with Gasteiger partial charge in [0, 0.05) is 36.3 Å². The summed E-state index contributed by atoms with van der Waals surface area (Å²) in [5, 5.41) is 32.7. The van der Waals surface area contributed by atoms with E-state index in [1.807, 2.05) is 0 Å². The molecule has 4 unspecified atom stereocenters. The molecule has 5 N–H and O–H groups in total. The number of benzene rings is 2. The third kappa shape index (κ3) is 6.55. The number of sulfone groups is 1. The number of halogens is 4. The highest BCUT2D eigenvalue weighted by Gasteiger charge is 2.60. The summed E-state index contributed by atoms with van der Waals surface area (Å²) in [6, 6.07) is 4.53. The molecule has 5 rings (SSSR count). The van der Waals surface area contributed by atoms with Gasteiger partial charge in [-0.05, 0) is 49.3 Å². The second-order valence-electron chi connectivity index (χ2n) is 10.6. The van der Waals surface area contributed by atoms with E-state index in [4.69, 9.17) is 11.6 Å². The van der Waals surface area contributed by atoms with Crippen molar-refractivity contribution < 1.29 is 50.1 Å². The van der Waals surface area contributed by atoms with Crippen molar-refractivity contribution in [2.24, 2.45) is 11.8 Å². The monoisotopic (exact) mass is 640 g/mol. The molecule has 0 radical (unpaired) electrons. The highest BCUT2D eigenvalue weighted by Crippen LogP contribution is 2.57. The molecule has 2 aromatic carbocycles. The number of aliphatic hydroxyl groups is 3. The Balaban J connectivity index is 1.47. The van der Waals surface area contributed by atoms with E-state index in [1.54, 1.807) is 0 Å². The molecule has 0 aliphatic heterocycles. The molecule has 226 valence electrons. The van der Waals surface area contributed by atoms with Crippen molar-refractivity contribution in [3.05, 3.63) is 58.4 Å². The molecule has 16 heteroatoms. The Morgan fingerprint density at radius 1 is 1.02 bits per heavy atom. The van der Waals surface area contributed by atoms with Gasteiger partial charge in [-0.3, -0.25) is 4.79 Å². The van der Waals surface area contributed by atoms with E-state index >= 15 is 0 Å². The van der Waals surface area contributed by atoms with E-state index in [9.17, 15) is 50.1 Å². The van der Waals surface area contributed by atoms with Crippen molar-refractivity contribution in [1.82, 2.24) is 4.72 Å². The van der Waals surface area contributed by atoms with Crippen molar-refractivity contribution >= 4 is 43.1 Å². The number of sulfonamides is 1. The predicted octanol–water partition coefficient (Wildman–Crippen LogP) is 1.97. The van der Waals surface area contributed by atoms with Crippen LogP contribution in [0, 0.1) is 29.3 Å². The van der Waals surface area contributed by atoms with Gasteiger partial charge in [0.1, 0.15) is 0 Å². The van der Waals surface area contributed by atoms with Crippen LogP contribution in [-0.2, 0) is 19.9 Å². The summed E-state index contributed by atoms with van der Waals surface area (Å²) in [4.78, 5) is 12.3. The van der Waals surface area contributed by atoms with Crippen LogP contribution in [0.2, 0.25) is 5.02 Å². The molecule has 41 heavy (non-hydrogen) atoms. The number of hydrogen-bond acceptors (Lipinski definition) is 8. The van der Waals surface area contributed by atoms with Gasteiger partial charge in [0.2, 0.25) is 10.0 Å². The minimum absolute atomic E-state index is 0.000619. The van der Waals surface area contributed by atoms with Crippen molar-refractivity contribution in [3.8, 4) is 0 Å². The first kappa shape index (κ1) is 31.7. The van der Waals surface area contributed by atoms with Crippen LogP contribution in [0.25, 0.3) is 0 Å². The van der Waals surface area contributed by atoms with Gasteiger partial charge in [0.05, 0.1) is 39.2 Å². The molecule has 4 atom stereocenters. The summed E-state index contributed by atoms with van der Waals surface area (Å²) in [6.07, 6.45) is -1.89. The maximum absolute atomic E-state index is 13.6. The SMILES string of the molecule is CS(=O)(=O)NCC(O)C(O)CC1(O)C2CC1CC(S(=O)(=O)c1cc(C(=O)Nc3cc(F)c(F)c(F)c3)ccc1Cl)C2. The summed E-state index contributed by atoms with van der Waals surface area (Å²) in [7, 11) is -7.76. The Kier molecular flexibility index (Phi) is 8.83. The lowest BCUT2D eigenvalue weighted by Crippen LogP contribution is -2.63. The third-order valence-corrected chi connectivity index (χ3v) is 11.1. The second-order valence-corrected chi connectivity index (χ2v) is 15.0. The zero-order chi connectivity index (χ0) is 30.5. The molecule has 2 bridgehead atoms. The Hall–Kier alpha value is -2.27. The fraction of sp³-hybridized carbons (Fsp3) is 0.480. The Labute approximate surface area is 239 Å². The molecule has 3 saturated carbocycles. The van der Waals surface area contributed by atoms with Crippen LogP contribution in [0.3, 0.4) is 0 Å². The lowest BCUT2D eigenvalue weighted by Gasteiger charge is -2.59. The molecule has 0 aromatic heterocycles. The number of hydrogen-bond donors (Lipinski definition) is 5. The number of nitrogens with one attached hydrogen (secondary N) is 2. The predicted molar refractivity (Wildman–Crippen MR) is 142 cm³/mol. The molecule has 0 heterocycles. The smallest absolute Gasteiger partial charge is 0.255 e. The first-order valence-electron chi connectivity index (χ1n) is 12.4. The topological polar surface area (TPSA) is 170 Å². The average molecular weight is 641 g/mol. The summed E-state index contributed by atoms with van der Waals surface area (Å²) in [5.74, 6) is -6.78. The van der Waals surface area contributed by atoms with Gasteiger partial charge < -0.3 is 20.6 Å². The van der Waals surface area contributed by atoms with Gasteiger partial charge in [0.25, 0.3) is 5.91 Å². The Bertz CT molecular complexity index is 1540. The van der Waals surface area contributed by atoms with Gasteiger partial charge in [-0.25, -0.2) is 34.7 Å². The van der Waals surface area contributed by atoms with Crippen molar-refractivity contribution in [2.45, 2.75) is 53.6 Å². The van der Waals surface area contributed by atoms with Crippen LogP contribution < -0.4 is 10.0 Å². The molecule has 2 aromatic rings. The Morgan fingerprint density at radius 2 is 1.61 bits per heavy atom. The molecule has 10 nitrogen and oxygen atoms in total. The van der Waals surface area contributed by atoms with Crippen LogP contribution in [0.1, 0.15) is 36.0 Å². The van der Waals surface area contributed by atoms with E-state index < -0.39 is 90.3 Å². The van der Waals surface area contributed by atoms with E-state index in [1.165, 1.54) is 12.1 Å². The fourth-order valence-electron chi connectivity index (χ4n) is 5.56. The van der Waals surface area contributed by atoms with Gasteiger partial charge >= 0.3 is 0 Å². The quantitative estimate of drug-likeness (QED) is 0.246. The van der Waals surface area contributed by atoms with Crippen LogP contribution in [0.5, 0.6) is 0 Å². The molecular weight excluding hydrogens is 613 g/mol. The number of amides is 1. The van der Waals surface area contributed by atoms with Crippen LogP contribution >= 0.6 is 11.6 Å². The molecule has 1 amide bonds. The number of rotatable bonds is 10. The number of carbonyl (C=O) groups is 1. The lowest BCUT2D eigenvalue weighted by molar-refractivity contribution is -0.199. The maximum Gasteiger partial charge on any atom is 0.255 e. The number of fused-ring (bicyclic) bond motifs is 2. The average Bonchev–Trinajstić information content (AvgIpc) is 2.89. The minimum atomic E-state index is -4.14. The van der Waals surface area contributed by atoms with Crippen LogP contribution in [0.15, 0.2) is 35.2 Å². The van der Waals surface area contributed by atoms with Gasteiger partial charge in [0.15, 0.2) is 27.3 Å². The van der Waals surface area contributed by atoms with Crippen LogP contribution in [-0.4, -0.2) is 73.9 Å². The summed E-state index contributed by atoms with van der Waals surface area (Å²) < 4.78 is 91.9. The van der Waals surface area contributed by atoms with Gasteiger partial charge in [-0.15, -0.1) is 0 Å². The lowest BCUT2D eigenvalue weighted by atomic mass is 9.52. The highest BCUT2D eigenvalue weighted by molar-refractivity contribution is 7.92. The van der Waals surface area contributed by atoms with E-state index in [0.29, 0.717) is 18.6 Å². The van der Waals surface area contributed by atoms with E-state index in [-0.39, 0.29) is 34.7 Å². The molecule has 0 saturated heterocycles. The molecule has 3 aliphatic carbocycles. The number of aliphatic hydroxyl groups excluding tert-OH is 2. The zero-order valence-electron chi connectivity index (χ0n) is 21.5. The second kappa shape index (κ2) is 11.4. The largest absolute Gasteiger partial charge is 0.390 e. The van der Waals surface area contributed by atoms with Gasteiger partial charge in [-0.2, -0.15) is 0 Å². The molecule has 3 aliphatic rings. The third-order valence-electron chi connectivity index (χ3n) is 7.79. The van der Waals surface area contributed by atoms with Crippen molar-refractivity contribution in [3.63, 3.8) is 0 Å². The highest BCUT2D eigenvalue weighted by atomic mass is 35.5. The summed E-state index contributed by atoms with van der Waals surface area (Å²) in [5.41, 5.74) is -2.06. The Morgan fingerprint density at radius 3 is 2.17 bits per heavy atom. The van der Waals surface area contributed by atoms with E-state index in [2.05, 4.69) is 10.0 Å². The fourth-order valence-corrected chi connectivity index (χ4v) is 8.43.